The van der Waals surface area contributed by atoms with E-state index in [-0.39, 0.29) is 11.9 Å². The topological polar surface area (TPSA) is 84.5 Å². The zero-order chi connectivity index (χ0) is 18.4. The number of rotatable bonds is 7. The molecule has 0 bridgehead atoms. The first kappa shape index (κ1) is 19.0. The van der Waals surface area contributed by atoms with E-state index in [1.807, 2.05) is 25.1 Å². The van der Waals surface area contributed by atoms with Gasteiger partial charge in [0.25, 0.3) is 5.91 Å². The molecule has 1 atom stereocenters. The number of hydrogen-bond donors (Lipinski definition) is 2. The fourth-order valence-electron chi connectivity index (χ4n) is 2.37. The first-order valence-electron chi connectivity index (χ1n) is 7.75. The van der Waals surface area contributed by atoms with E-state index < -0.39 is 10.0 Å². The smallest absolute Gasteiger partial charge is 0.251 e. The molecule has 0 fully saturated rings. The summed E-state index contributed by atoms with van der Waals surface area (Å²) in [5.41, 5.74) is 2.81. The van der Waals surface area contributed by atoms with Crippen molar-refractivity contribution in [1.29, 1.82) is 0 Å². The lowest BCUT2D eigenvalue weighted by Crippen LogP contribution is -2.26. The lowest BCUT2D eigenvalue weighted by atomic mass is 10.1. The van der Waals surface area contributed by atoms with E-state index in [1.165, 1.54) is 0 Å². The standard InChI is InChI=1S/C18H22N2O4S/c1-13(16-5-4-6-17(11-16)20-25(3,22)23)19-18(21)15-9-7-14(8-10-15)12-24-2/h4-11,13,20H,12H2,1-3H3,(H,19,21). The molecule has 2 aromatic rings. The molecule has 0 aliphatic rings. The van der Waals surface area contributed by atoms with Crippen LogP contribution in [-0.4, -0.2) is 27.7 Å². The minimum absolute atomic E-state index is 0.196. The molecule has 134 valence electrons. The van der Waals surface area contributed by atoms with E-state index in [0.29, 0.717) is 17.9 Å². The van der Waals surface area contributed by atoms with E-state index >= 15 is 0 Å². The van der Waals surface area contributed by atoms with Crippen LogP contribution >= 0.6 is 0 Å². The van der Waals surface area contributed by atoms with Crippen molar-refractivity contribution in [3.63, 3.8) is 0 Å². The third-order valence-electron chi connectivity index (χ3n) is 3.56. The molecule has 2 aromatic carbocycles. The third kappa shape index (κ3) is 5.88. The second-order valence-corrected chi connectivity index (χ2v) is 7.57. The molecule has 6 nitrogen and oxygen atoms in total. The minimum Gasteiger partial charge on any atom is -0.380 e. The Bertz CT molecular complexity index is 832. The van der Waals surface area contributed by atoms with Gasteiger partial charge in [0.1, 0.15) is 0 Å². The van der Waals surface area contributed by atoms with Crippen molar-refractivity contribution < 1.29 is 17.9 Å². The van der Waals surface area contributed by atoms with Crippen LogP contribution in [0.2, 0.25) is 0 Å². The molecule has 0 aliphatic carbocycles. The molecular formula is C18H22N2O4S. The van der Waals surface area contributed by atoms with Gasteiger partial charge < -0.3 is 10.1 Å². The summed E-state index contributed by atoms with van der Waals surface area (Å²) in [5, 5.41) is 2.91. The molecule has 0 saturated heterocycles. The molecule has 0 heterocycles. The normalized spacial score (nSPS) is 12.4. The number of nitrogens with one attached hydrogen (secondary N) is 2. The Balaban J connectivity index is 2.07. The monoisotopic (exact) mass is 362 g/mol. The number of anilines is 1. The lowest BCUT2D eigenvalue weighted by Gasteiger charge is -2.16. The molecular weight excluding hydrogens is 340 g/mol. The van der Waals surface area contributed by atoms with Gasteiger partial charge in [-0.15, -0.1) is 0 Å². The highest BCUT2D eigenvalue weighted by atomic mass is 32.2. The van der Waals surface area contributed by atoms with Gasteiger partial charge in [-0.25, -0.2) is 8.42 Å². The molecule has 25 heavy (non-hydrogen) atoms. The van der Waals surface area contributed by atoms with Crippen molar-refractivity contribution in [2.45, 2.75) is 19.6 Å². The maximum absolute atomic E-state index is 12.4. The summed E-state index contributed by atoms with van der Waals surface area (Å²) in [5.74, 6) is -0.196. The van der Waals surface area contributed by atoms with Crippen molar-refractivity contribution in [2.24, 2.45) is 0 Å². The van der Waals surface area contributed by atoms with Crippen LogP contribution in [0.3, 0.4) is 0 Å². The van der Waals surface area contributed by atoms with Crippen LogP contribution < -0.4 is 10.0 Å². The zero-order valence-electron chi connectivity index (χ0n) is 14.4. The second-order valence-electron chi connectivity index (χ2n) is 5.82. The van der Waals surface area contributed by atoms with E-state index in [1.54, 1.807) is 37.4 Å². The highest BCUT2D eigenvalue weighted by Crippen LogP contribution is 2.19. The van der Waals surface area contributed by atoms with Crippen LogP contribution in [0.5, 0.6) is 0 Å². The van der Waals surface area contributed by atoms with Crippen molar-refractivity contribution in [2.75, 3.05) is 18.1 Å². The van der Waals surface area contributed by atoms with E-state index in [0.717, 1.165) is 17.4 Å². The Labute approximate surface area is 148 Å². The van der Waals surface area contributed by atoms with Gasteiger partial charge in [0, 0.05) is 18.4 Å². The summed E-state index contributed by atoms with van der Waals surface area (Å²) >= 11 is 0. The van der Waals surface area contributed by atoms with Crippen molar-refractivity contribution in [3.05, 3.63) is 65.2 Å². The van der Waals surface area contributed by atoms with Crippen molar-refractivity contribution in [3.8, 4) is 0 Å². The Morgan fingerprint density at radius 1 is 1.16 bits per heavy atom. The average molecular weight is 362 g/mol. The van der Waals surface area contributed by atoms with Crippen LogP contribution in [0.4, 0.5) is 5.69 Å². The van der Waals surface area contributed by atoms with E-state index in [4.69, 9.17) is 4.74 Å². The minimum atomic E-state index is -3.34. The number of amides is 1. The fraction of sp³-hybridized carbons (Fsp3) is 0.278. The number of sulfonamides is 1. The summed E-state index contributed by atoms with van der Waals surface area (Å²) in [4.78, 5) is 12.4. The summed E-state index contributed by atoms with van der Waals surface area (Å²) < 4.78 is 30.1. The van der Waals surface area contributed by atoms with Crippen LogP contribution in [0.15, 0.2) is 48.5 Å². The highest BCUT2D eigenvalue weighted by Gasteiger charge is 2.12. The highest BCUT2D eigenvalue weighted by molar-refractivity contribution is 7.92. The van der Waals surface area contributed by atoms with Gasteiger partial charge in [0.15, 0.2) is 0 Å². The Morgan fingerprint density at radius 2 is 1.84 bits per heavy atom. The lowest BCUT2D eigenvalue weighted by molar-refractivity contribution is 0.0939. The van der Waals surface area contributed by atoms with E-state index in [2.05, 4.69) is 10.0 Å². The molecule has 1 amide bonds. The largest absolute Gasteiger partial charge is 0.380 e. The number of ether oxygens (including phenoxy) is 1. The molecule has 2 rings (SSSR count). The molecule has 0 spiro atoms. The molecule has 0 aromatic heterocycles. The average Bonchev–Trinajstić information content (AvgIpc) is 2.54. The molecule has 1 unspecified atom stereocenters. The summed E-state index contributed by atoms with van der Waals surface area (Å²) in [6, 6.07) is 13.9. The molecule has 2 N–H and O–H groups in total. The Kier molecular flexibility index (Phi) is 6.17. The maximum Gasteiger partial charge on any atom is 0.251 e. The van der Waals surface area contributed by atoms with Gasteiger partial charge in [0.05, 0.1) is 18.9 Å². The van der Waals surface area contributed by atoms with Gasteiger partial charge in [-0.3, -0.25) is 9.52 Å². The number of benzene rings is 2. The summed E-state index contributed by atoms with van der Waals surface area (Å²) in [6.07, 6.45) is 1.10. The maximum atomic E-state index is 12.4. The van der Waals surface area contributed by atoms with Gasteiger partial charge in [-0.05, 0) is 42.3 Å². The van der Waals surface area contributed by atoms with Crippen molar-refractivity contribution in [1.82, 2.24) is 5.32 Å². The summed E-state index contributed by atoms with van der Waals surface area (Å²) in [7, 11) is -1.72. The van der Waals surface area contributed by atoms with Crippen LogP contribution in [0, 0.1) is 0 Å². The van der Waals surface area contributed by atoms with Crippen molar-refractivity contribution >= 4 is 21.6 Å². The first-order valence-corrected chi connectivity index (χ1v) is 9.64. The number of carbonyl (C=O) groups is 1. The van der Waals surface area contributed by atoms with Gasteiger partial charge in [0.2, 0.25) is 10.0 Å². The number of hydrogen-bond acceptors (Lipinski definition) is 4. The van der Waals surface area contributed by atoms with Crippen LogP contribution in [0.1, 0.15) is 34.5 Å². The predicted octanol–water partition coefficient (Wildman–Crippen LogP) is 2.70. The van der Waals surface area contributed by atoms with Crippen LogP contribution in [0.25, 0.3) is 0 Å². The molecule has 0 aliphatic heterocycles. The molecule has 7 heteroatoms. The Hall–Kier alpha value is -2.38. The molecule has 0 radical (unpaired) electrons. The van der Waals surface area contributed by atoms with Gasteiger partial charge in [-0.2, -0.15) is 0 Å². The quantitative estimate of drug-likeness (QED) is 0.793. The second kappa shape index (κ2) is 8.13. The Morgan fingerprint density at radius 3 is 2.44 bits per heavy atom. The summed E-state index contributed by atoms with van der Waals surface area (Å²) in [6.45, 7) is 2.34. The molecule has 0 saturated carbocycles. The third-order valence-corrected chi connectivity index (χ3v) is 4.17. The SMILES string of the molecule is COCc1ccc(C(=O)NC(C)c2cccc(NS(C)(=O)=O)c2)cc1. The van der Waals surface area contributed by atoms with Gasteiger partial charge >= 0.3 is 0 Å². The van der Waals surface area contributed by atoms with Crippen LogP contribution in [-0.2, 0) is 21.4 Å². The van der Waals surface area contributed by atoms with Gasteiger partial charge in [-0.1, -0.05) is 24.3 Å². The number of methoxy groups -OCH3 is 1. The number of carbonyl (C=O) groups excluding carboxylic acids is 1. The van der Waals surface area contributed by atoms with E-state index in [9.17, 15) is 13.2 Å². The first-order chi connectivity index (χ1) is 11.8. The fourth-order valence-corrected chi connectivity index (χ4v) is 2.92. The zero-order valence-corrected chi connectivity index (χ0v) is 15.3. The predicted molar refractivity (Wildman–Crippen MR) is 97.9 cm³/mol.